The van der Waals surface area contributed by atoms with Crippen molar-refractivity contribution >= 4 is 16.1 Å². The predicted molar refractivity (Wildman–Crippen MR) is 82.0 cm³/mol. The Morgan fingerprint density at radius 2 is 1.90 bits per heavy atom. The van der Waals surface area contributed by atoms with Crippen LogP contribution in [0.4, 0.5) is 0 Å². The van der Waals surface area contributed by atoms with Gasteiger partial charge in [-0.05, 0) is 30.4 Å². The zero-order valence-electron chi connectivity index (χ0n) is 12.7. The van der Waals surface area contributed by atoms with Gasteiger partial charge in [0.1, 0.15) is 0 Å². The van der Waals surface area contributed by atoms with Crippen LogP contribution < -0.4 is 4.72 Å². The third-order valence-corrected chi connectivity index (χ3v) is 5.65. The summed E-state index contributed by atoms with van der Waals surface area (Å²) in [6, 6.07) is 7.92. The van der Waals surface area contributed by atoms with Crippen LogP contribution in [0.25, 0.3) is 0 Å². The van der Waals surface area contributed by atoms with Crippen molar-refractivity contribution in [3.05, 3.63) is 35.4 Å². The number of carbonyl (C=O) groups excluding carboxylic acids is 1. The molecule has 0 aromatic heterocycles. The van der Waals surface area contributed by atoms with Gasteiger partial charge in [0.15, 0.2) is 0 Å². The van der Waals surface area contributed by atoms with Crippen LogP contribution in [0.2, 0.25) is 0 Å². The predicted octanol–water partition coefficient (Wildman–Crippen LogP) is 1.80. The summed E-state index contributed by atoms with van der Waals surface area (Å²) in [6.07, 6.45) is 0.713. The summed E-state index contributed by atoms with van der Waals surface area (Å²) in [4.78, 5) is 12.1. The molecule has 1 amide bonds. The van der Waals surface area contributed by atoms with Gasteiger partial charge in [-0.15, -0.1) is 0 Å². The van der Waals surface area contributed by atoms with Gasteiger partial charge in [0.05, 0.1) is 0 Å². The average molecular weight is 310 g/mol. The Bertz CT molecular complexity index is 624. The number of aryl methyl sites for hydroxylation is 1. The van der Waals surface area contributed by atoms with Crippen LogP contribution in [-0.4, -0.2) is 31.7 Å². The Kier molecular flexibility index (Phi) is 4.68. The molecule has 1 aliphatic carbocycles. The second-order valence-electron chi connectivity index (χ2n) is 5.36. The highest BCUT2D eigenvalue weighted by molar-refractivity contribution is 7.87. The molecule has 1 saturated carbocycles. The minimum Gasteiger partial charge on any atom is -0.274 e. The number of nitrogens with one attached hydrogen (secondary N) is 1. The monoisotopic (exact) mass is 310 g/mol. The SMILES string of the molecule is CCN(CC)S(=O)(=O)NC(=O)C1CC1c1ccccc1C. The molecule has 0 bridgehead atoms. The van der Waals surface area contributed by atoms with Crippen LogP contribution in [0.1, 0.15) is 37.3 Å². The van der Waals surface area contributed by atoms with Gasteiger partial charge in [-0.1, -0.05) is 38.1 Å². The highest BCUT2D eigenvalue weighted by Crippen LogP contribution is 2.48. The van der Waals surface area contributed by atoms with E-state index in [-0.39, 0.29) is 11.8 Å². The number of nitrogens with zero attached hydrogens (tertiary/aromatic N) is 1. The number of hydrogen-bond donors (Lipinski definition) is 1. The molecule has 21 heavy (non-hydrogen) atoms. The molecule has 2 rings (SSSR count). The minimum absolute atomic E-state index is 0.137. The highest BCUT2D eigenvalue weighted by atomic mass is 32.2. The lowest BCUT2D eigenvalue weighted by Gasteiger charge is -2.18. The number of benzene rings is 1. The molecule has 0 aliphatic heterocycles. The molecule has 0 saturated heterocycles. The maximum Gasteiger partial charge on any atom is 0.303 e. The zero-order valence-corrected chi connectivity index (χ0v) is 13.5. The van der Waals surface area contributed by atoms with E-state index in [4.69, 9.17) is 0 Å². The van der Waals surface area contributed by atoms with Crippen molar-refractivity contribution in [2.45, 2.75) is 33.1 Å². The fourth-order valence-corrected chi connectivity index (χ4v) is 3.88. The summed E-state index contributed by atoms with van der Waals surface area (Å²) in [6.45, 7) is 6.21. The van der Waals surface area contributed by atoms with Gasteiger partial charge >= 0.3 is 10.2 Å². The summed E-state index contributed by atoms with van der Waals surface area (Å²) in [5.41, 5.74) is 2.28. The molecule has 0 spiro atoms. The molecule has 116 valence electrons. The summed E-state index contributed by atoms with van der Waals surface area (Å²) < 4.78 is 27.5. The van der Waals surface area contributed by atoms with Gasteiger partial charge in [-0.2, -0.15) is 12.7 Å². The molecule has 1 fully saturated rings. The minimum atomic E-state index is -3.71. The summed E-state index contributed by atoms with van der Waals surface area (Å²) in [5, 5.41) is 0. The lowest BCUT2D eigenvalue weighted by atomic mass is 10.0. The van der Waals surface area contributed by atoms with Crippen molar-refractivity contribution in [3.8, 4) is 0 Å². The Hall–Kier alpha value is -1.40. The van der Waals surface area contributed by atoms with Gasteiger partial charge in [-0.3, -0.25) is 4.79 Å². The first kappa shape index (κ1) is 16.0. The maximum absolute atomic E-state index is 12.1. The largest absolute Gasteiger partial charge is 0.303 e. The van der Waals surface area contributed by atoms with E-state index >= 15 is 0 Å². The topological polar surface area (TPSA) is 66.5 Å². The van der Waals surface area contributed by atoms with Gasteiger partial charge in [0.2, 0.25) is 5.91 Å². The lowest BCUT2D eigenvalue weighted by molar-refractivity contribution is -0.120. The summed E-state index contributed by atoms with van der Waals surface area (Å²) in [7, 11) is -3.71. The second-order valence-corrected chi connectivity index (χ2v) is 7.03. The number of hydrogen-bond acceptors (Lipinski definition) is 3. The summed E-state index contributed by atoms with van der Waals surface area (Å²) in [5.74, 6) is -0.496. The van der Waals surface area contributed by atoms with E-state index in [1.54, 1.807) is 13.8 Å². The molecular formula is C15H22N2O3S. The maximum atomic E-state index is 12.1. The summed E-state index contributed by atoms with van der Waals surface area (Å²) >= 11 is 0. The highest BCUT2D eigenvalue weighted by Gasteiger charge is 2.45. The molecule has 0 radical (unpaired) electrons. The first-order valence-corrected chi connectivity index (χ1v) is 8.72. The lowest BCUT2D eigenvalue weighted by Crippen LogP contribution is -2.44. The zero-order chi connectivity index (χ0) is 15.6. The van der Waals surface area contributed by atoms with E-state index < -0.39 is 16.1 Å². The van der Waals surface area contributed by atoms with Crippen molar-refractivity contribution in [2.24, 2.45) is 5.92 Å². The Labute approximate surface area is 126 Å². The molecule has 2 unspecified atom stereocenters. The number of rotatable bonds is 6. The molecular weight excluding hydrogens is 288 g/mol. The van der Waals surface area contributed by atoms with Crippen LogP contribution in [0.5, 0.6) is 0 Å². The number of amides is 1. The first-order chi connectivity index (χ1) is 9.90. The van der Waals surface area contributed by atoms with Gasteiger partial charge in [-0.25, -0.2) is 4.72 Å². The molecule has 6 heteroatoms. The Morgan fingerprint density at radius 3 is 2.48 bits per heavy atom. The van der Waals surface area contributed by atoms with Gasteiger partial charge in [0, 0.05) is 19.0 Å². The normalized spacial score (nSPS) is 21.3. The average Bonchev–Trinajstić information content (AvgIpc) is 3.20. The van der Waals surface area contributed by atoms with E-state index in [1.165, 1.54) is 4.31 Å². The molecule has 1 aromatic carbocycles. The van der Waals surface area contributed by atoms with Crippen molar-refractivity contribution in [1.82, 2.24) is 9.03 Å². The van der Waals surface area contributed by atoms with Crippen LogP contribution in [0, 0.1) is 12.8 Å². The molecule has 5 nitrogen and oxygen atoms in total. The molecule has 2 atom stereocenters. The van der Waals surface area contributed by atoms with E-state index in [9.17, 15) is 13.2 Å². The standard InChI is InChI=1S/C15H22N2O3S/c1-4-17(5-2)21(19,20)16-15(18)14-10-13(14)12-9-7-6-8-11(12)3/h6-9,13-14H,4-5,10H2,1-3H3,(H,16,18). The second kappa shape index (κ2) is 6.15. The van der Waals surface area contributed by atoms with Crippen molar-refractivity contribution < 1.29 is 13.2 Å². The molecule has 1 aliphatic rings. The van der Waals surface area contributed by atoms with Crippen LogP contribution in [0.15, 0.2) is 24.3 Å². The smallest absolute Gasteiger partial charge is 0.274 e. The third kappa shape index (κ3) is 3.44. The fraction of sp³-hybridized carbons (Fsp3) is 0.533. The van der Waals surface area contributed by atoms with Crippen molar-refractivity contribution in [2.75, 3.05) is 13.1 Å². The molecule has 1 aromatic rings. The first-order valence-electron chi connectivity index (χ1n) is 7.28. The third-order valence-electron chi connectivity index (χ3n) is 3.99. The van der Waals surface area contributed by atoms with E-state index in [0.29, 0.717) is 19.5 Å². The Balaban J connectivity index is 2.03. The van der Waals surface area contributed by atoms with E-state index in [2.05, 4.69) is 4.72 Å². The van der Waals surface area contributed by atoms with E-state index in [0.717, 1.165) is 11.1 Å². The van der Waals surface area contributed by atoms with Crippen LogP contribution in [-0.2, 0) is 15.0 Å². The Morgan fingerprint density at radius 1 is 1.29 bits per heavy atom. The molecule has 0 heterocycles. The van der Waals surface area contributed by atoms with Crippen molar-refractivity contribution in [1.29, 1.82) is 0 Å². The van der Waals surface area contributed by atoms with Crippen LogP contribution >= 0.6 is 0 Å². The quantitative estimate of drug-likeness (QED) is 0.871. The van der Waals surface area contributed by atoms with E-state index in [1.807, 2.05) is 31.2 Å². The van der Waals surface area contributed by atoms with Crippen LogP contribution in [0.3, 0.4) is 0 Å². The number of carbonyl (C=O) groups is 1. The van der Waals surface area contributed by atoms with Gasteiger partial charge < -0.3 is 0 Å². The fourth-order valence-electron chi connectivity index (χ4n) is 2.66. The molecule has 1 N–H and O–H groups in total. The van der Waals surface area contributed by atoms with Crippen molar-refractivity contribution in [3.63, 3.8) is 0 Å². The van der Waals surface area contributed by atoms with Gasteiger partial charge in [0.25, 0.3) is 0 Å².